The summed E-state index contributed by atoms with van der Waals surface area (Å²) in [6.07, 6.45) is 3.36. The van der Waals surface area contributed by atoms with Gasteiger partial charge in [0.15, 0.2) is 0 Å². The van der Waals surface area contributed by atoms with Gasteiger partial charge in [0, 0.05) is 36.9 Å². The number of amides is 1. The van der Waals surface area contributed by atoms with Gasteiger partial charge in [0.2, 0.25) is 0 Å². The minimum Gasteiger partial charge on any atom is -0.347 e. The number of benzene rings is 1. The van der Waals surface area contributed by atoms with Crippen molar-refractivity contribution < 1.29 is 9.18 Å². The lowest BCUT2D eigenvalue weighted by Gasteiger charge is -2.06. The molecule has 5 heteroatoms. The molecule has 1 aromatic carbocycles. The molecule has 4 nitrogen and oxygen atoms in total. The van der Waals surface area contributed by atoms with Gasteiger partial charge in [-0.05, 0) is 42.0 Å². The molecule has 0 atom stereocenters. The van der Waals surface area contributed by atoms with Crippen molar-refractivity contribution in [2.45, 2.75) is 6.54 Å². The van der Waals surface area contributed by atoms with Crippen LogP contribution in [-0.4, -0.2) is 15.5 Å². The third-order valence-electron chi connectivity index (χ3n) is 3.44. The highest BCUT2D eigenvalue weighted by atomic mass is 19.1. The fourth-order valence-corrected chi connectivity index (χ4v) is 2.31. The molecule has 2 heterocycles. The van der Waals surface area contributed by atoms with Gasteiger partial charge in [0.1, 0.15) is 11.5 Å². The second-order valence-corrected chi connectivity index (χ2v) is 4.83. The van der Waals surface area contributed by atoms with Gasteiger partial charge in [-0.3, -0.25) is 9.78 Å². The lowest BCUT2D eigenvalue weighted by molar-refractivity contribution is 0.0943. The molecule has 0 aliphatic carbocycles. The number of aromatic nitrogens is 2. The Morgan fingerprint density at radius 1 is 1.24 bits per heavy atom. The van der Waals surface area contributed by atoms with Crippen molar-refractivity contribution in [1.82, 2.24) is 14.9 Å². The zero-order valence-corrected chi connectivity index (χ0v) is 11.5. The highest BCUT2D eigenvalue weighted by Crippen LogP contribution is 2.19. The SMILES string of the molecule is Cn1c(C(=O)NCc2ccncc2)cc2cc(F)ccc21. The van der Waals surface area contributed by atoms with Gasteiger partial charge in [-0.2, -0.15) is 0 Å². The van der Waals surface area contributed by atoms with Crippen LogP contribution in [0.25, 0.3) is 10.9 Å². The molecule has 0 fully saturated rings. The van der Waals surface area contributed by atoms with Crippen molar-refractivity contribution in [3.05, 3.63) is 65.9 Å². The Morgan fingerprint density at radius 3 is 2.76 bits per heavy atom. The first-order chi connectivity index (χ1) is 10.1. The quantitative estimate of drug-likeness (QED) is 0.803. The average molecular weight is 283 g/mol. The Kier molecular flexibility index (Phi) is 3.39. The van der Waals surface area contributed by atoms with Crippen molar-refractivity contribution >= 4 is 16.8 Å². The smallest absolute Gasteiger partial charge is 0.268 e. The number of fused-ring (bicyclic) bond motifs is 1. The van der Waals surface area contributed by atoms with Crippen LogP contribution in [0.15, 0.2) is 48.8 Å². The van der Waals surface area contributed by atoms with Gasteiger partial charge >= 0.3 is 0 Å². The number of hydrogen-bond donors (Lipinski definition) is 1. The molecule has 0 saturated heterocycles. The maximum absolute atomic E-state index is 13.2. The van der Waals surface area contributed by atoms with E-state index in [1.165, 1.54) is 12.1 Å². The fraction of sp³-hybridized carbons (Fsp3) is 0.125. The van der Waals surface area contributed by atoms with Crippen LogP contribution in [-0.2, 0) is 13.6 Å². The van der Waals surface area contributed by atoms with Crippen LogP contribution in [0.1, 0.15) is 16.1 Å². The van der Waals surface area contributed by atoms with Crippen molar-refractivity contribution in [3.63, 3.8) is 0 Å². The number of nitrogens with zero attached hydrogens (tertiary/aromatic N) is 2. The number of halogens is 1. The van der Waals surface area contributed by atoms with Gasteiger partial charge in [-0.15, -0.1) is 0 Å². The highest BCUT2D eigenvalue weighted by Gasteiger charge is 2.13. The predicted molar refractivity (Wildman–Crippen MR) is 78.3 cm³/mol. The first kappa shape index (κ1) is 13.3. The van der Waals surface area contributed by atoms with E-state index in [9.17, 15) is 9.18 Å². The monoisotopic (exact) mass is 283 g/mol. The number of rotatable bonds is 3. The van der Waals surface area contributed by atoms with E-state index in [2.05, 4.69) is 10.3 Å². The molecule has 0 radical (unpaired) electrons. The van der Waals surface area contributed by atoms with E-state index in [-0.39, 0.29) is 11.7 Å². The molecule has 1 amide bonds. The van der Waals surface area contributed by atoms with E-state index >= 15 is 0 Å². The van der Waals surface area contributed by atoms with Crippen LogP contribution in [0.5, 0.6) is 0 Å². The number of aryl methyl sites for hydroxylation is 1. The Balaban J connectivity index is 1.83. The van der Waals surface area contributed by atoms with Crippen LogP contribution < -0.4 is 5.32 Å². The number of nitrogens with one attached hydrogen (secondary N) is 1. The van der Waals surface area contributed by atoms with E-state index in [0.29, 0.717) is 17.6 Å². The minimum atomic E-state index is -0.308. The lowest BCUT2D eigenvalue weighted by Crippen LogP contribution is -2.24. The summed E-state index contributed by atoms with van der Waals surface area (Å²) in [6.45, 7) is 0.428. The molecular formula is C16H14FN3O. The highest BCUT2D eigenvalue weighted by molar-refractivity contribution is 5.98. The number of hydrogen-bond acceptors (Lipinski definition) is 2. The molecule has 0 saturated carbocycles. The van der Waals surface area contributed by atoms with Gasteiger partial charge in [0.25, 0.3) is 5.91 Å². The fourth-order valence-electron chi connectivity index (χ4n) is 2.31. The van der Waals surface area contributed by atoms with Crippen LogP contribution in [0.3, 0.4) is 0 Å². The molecule has 0 spiro atoms. The maximum atomic E-state index is 13.2. The predicted octanol–water partition coefficient (Wildman–Crippen LogP) is 2.64. The van der Waals surface area contributed by atoms with Crippen LogP contribution in [0.4, 0.5) is 4.39 Å². The van der Waals surface area contributed by atoms with Gasteiger partial charge in [0.05, 0.1) is 0 Å². The Morgan fingerprint density at radius 2 is 2.00 bits per heavy atom. The second kappa shape index (κ2) is 5.36. The summed E-state index contributed by atoms with van der Waals surface area (Å²) in [6, 6.07) is 9.87. The average Bonchev–Trinajstić information content (AvgIpc) is 2.82. The number of pyridine rings is 1. The molecule has 1 N–H and O–H groups in total. The minimum absolute atomic E-state index is 0.189. The van der Waals surface area contributed by atoms with Gasteiger partial charge < -0.3 is 9.88 Å². The van der Waals surface area contributed by atoms with Crippen LogP contribution in [0, 0.1) is 5.82 Å². The van der Waals surface area contributed by atoms with Crippen molar-refractivity contribution in [1.29, 1.82) is 0 Å². The van der Waals surface area contributed by atoms with E-state index in [1.54, 1.807) is 36.1 Å². The van der Waals surface area contributed by atoms with E-state index < -0.39 is 0 Å². The van der Waals surface area contributed by atoms with Gasteiger partial charge in [-0.1, -0.05) is 0 Å². The largest absolute Gasteiger partial charge is 0.347 e. The molecule has 2 aromatic heterocycles. The Bertz CT molecular complexity index is 796. The third kappa shape index (κ3) is 2.63. The molecule has 21 heavy (non-hydrogen) atoms. The number of carbonyl (C=O) groups is 1. The lowest BCUT2D eigenvalue weighted by atomic mass is 10.2. The summed E-state index contributed by atoms with van der Waals surface area (Å²) in [4.78, 5) is 16.2. The normalized spacial score (nSPS) is 10.8. The molecule has 0 aliphatic rings. The maximum Gasteiger partial charge on any atom is 0.268 e. The van der Waals surface area contributed by atoms with E-state index in [1.807, 2.05) is 12.1 Å². The van der Waals surface area contributed by atoms with E-state index in [4.69, 9.17) is 0 Å². The second-order valence-electron chi connectivity index (χ2n) is 4.83. The first-order valence-electron chi connectivity index (χ1n) is 6.57. The zero-order chi connectivity index (χ0) is 14.8. The summed E-state index contributed by atoms with van der Waals surface area (Å²) < 4.78 is 15.0. The summed E-state index contributed by atoms with van der Waals surface area (Å²) in [5.41, 5.74) is 2.30. The van der Waals surface area contributed by atoms with E-state index in [0.717, 1.165) is 11.1 Å². The third-order valence-corrected chi connectivity index (χ3v) is 3.44. The Hall–Kier alpha value is -2.69. The summed E-state index contributed by atoms with van der Waals surface area (Å²) in [5, 5.41) is 3.56. The van der Waals surface area contributed by atoms with Crippen LogP contribution >= 0.6 is 0 Å². The topological polar surface area (TPSA) is 46.9 Å². The van der Waals surface area contributed by atoms with Crippen molar-refractivity contribution in [2.24, 2.45) is 7.05 Å². The molecule has 3 aromatic rings. The molecule has 106 valence electrons. The summed E-state index contributed by atoms with van der Waals surface area (Å²) in [7, 11) is 1.79. The molecule has 0 bridgehead atoms. The molecular weight excluding hydrogens is 269 g/mol. The van der Waals surface area contributed by atoms with Crippen molar-refractivity contribution in [3.8, 4) is 0 Å². The van der Waals surface area contributed by atoms with Crippen LogP contribution in [0.2, 0.25) is 0 Å². The Labute approximate surface area is 121 Å². The molecule has 0 aliphatic heterocycles. The van der Waals surface area contributed by atoms with Crippen molar-refractivity contribution in [2.75, 3.05) is 0 Å². The zero-order valence-electron chi connectivity index (χ0n) is 11.5. The molecule has 0 unspecified atom stereocenters. The standard InChI is InChI=1S/C16H14FN3O/c1-20-14-3-2-13(17)8-12(14)9-15(20)16(21)19-10-11-4-6-18-7-5-11/h2-9H,10H2,1H3,(H,19,21). The molecule has 3 rings (SSSR count). The summed E-state index contributed by atoms with van der Waals surface area (Å²) >= 11 is 0. The first-order valence-corrected chi connectivity index (χ1v) is 6.57. The summed E-state index contributed by atoms with van der Waals surface area (Å²) in [5.74, 6) is -0.497. The van der Waals surface area contributed by atoms with Gasteiger partial charge in [-0.25, -0.2) is 4.39 Å². The number of carbonyl (C=O) groups excluding carboxylic acids is 1.